The van der Waals surface area contributed by atoms with E-state index in [1.165, 1.54) is 47.2 Å². The van der Waals surface area contributed by atoms with Crippen LogP contribution in [0.25, 0.3) is 11.0 Å². The minimum Gasteiger partial charge on any atom is -0.467 e. The van der Waals surface area contributed by atoms with Crippen LogP contribution in [0.3, 0.4) is 0 Å². The molecule has 2 amide bonds. The van der Waals surface area contributed by atoms with Gasteiger partial charge in [-0.2, -0.15) is 0 Å². The van der Waals surface area contributed by atoms with Crippen LogP contribution in [0.4, 0.5) is 10.1 Å². The maximum atomic E-state index is 13.6. The van der Waals surface area contributed by atoms with Crippen molar-refractivity contribution < 1.29 is 23.1 Å². The Labute approximate surface area is 188 Å². The first kappa shape index (κ1) is 22.2. The van der Waals surface area contributed by atoms with Gasteiger partial charge in [0.1, 0.15) is 23.6 Å². The number of anilines is 1. The highest BCUT2D eigenvalue weighted by Crippen LogP contribution is 2.29. The van der Waals surface area contributed by atoms with Crippen molar-refractivity contribution in [3.8, 4) is 0 Å². The van der Waals surface area contributed by atoms with Crippen molar-refractivity contribution in [3.05, 3.63) is 78.5 Å². The monoisotopic (exact) mass is 451 g/mol. The van der Waals surface area contributed by atoms with Crippen LogP contribution in [-0.2, 0) is 20.9 Å². The van der Waals surface area contributed by atoms with E-state index in [9.17, 15) is 14.0 Å². The van der Waals surface area contributed by atoms with Gasteiger partial charge in [-0.25, -0.2) is 9.07 Å². The molecule has 33 heavy (non-hydrogen) atoms. The number of furan rings is 1. The van der Waals surface area contributed by atoms with Gasteiger partial charge in [0.05, 0.1) is 18.4 Å². The Bertz CT molecular complexity index is 1220. The molecule has 9 nitrogen and oxygen atoms in total. The number of nitrogens with one attached hydrogen (secondary N) is 1. The molecule has 10 heteroatoms. The van der Waals surface area contributed by atoms with E-state index >= 15 is 0 Å². The summed E-state index contributed by atoms with van der Waals surface area (Å²) in [6.07, 6.45) is 1.42. The molecule has 0 bridgehead atoms. The molecule has 0 aliphatic carbocycles. The Morgan fingerprint density at radius 1 is 1.15 bits per heavy atom. The molecule has 0 spiro atoms. The number of rotatable bonds is 9. The van der Waals surface area contributed by atoms with Crippen molar-refractivity contribution >= 4 is 28.5 Å². The molecule has 2 heterocycles. The molecule has 0 fully saturated rings. The molecule has 0 aliphatic rings. The van der Waals surface area contributed by atoms with E-state index in [4.69, 9.17) is 9.15 Å². The minimum atomic E-state index is -1.13. The Morgan fingerprint density at radius 2 is 1.94 bits per heavy atom. The maximum absolute atomic E-state index is 13.6. The minimum absolute atomic E-state index is 0.194. The lowest BCUT2D eigenvalue weighted by atomic mass is 10.1. The summed E-state index contributed by atoms with van der Waals surface area (Å²) in [5.74, 6) is -1.14. The standard InChI is InChI=1S/C23H22FN5O4/c1-32-14-12-25-23(31)22(20-7-4-13-33-20)29(17-10-8-16(24)9-11-17)21(30)15-28-19-6-3-2-5-18(19)26-27-28/h2-11,13,22H,12,14-15H2,1H3,(H,25,31)/t22-/m0/s1. The molecular weight excluding hydrogens is 429 g/mol. The van der Waals surface area contributed by atoms with Crippen molar-refractivity contribution in [2.24, 2.45) is 0 Å². The Kier molecular flexibility index (Phi) is 6.75. The number of fused-ring (bicyclic) bond motifs is 1. The van der Waals surface area contributed by atoms with Gasteiger partial charge in [0.2, 0.25) is 5.91 Å². The Balaban J connectivity index is 1.73. The molecule has 170 valence electrons. The summed E-state index contributed by atoms with van der Waals surface area (Å²) >= 11 is 0. The number of carbonyl (C=O) groups is 2. The van der Waals surface area contributed by atoms with Crippen molar-refractivity contribution in [1.82, 2.24) is 20.3 Å². The third-order valence-electron chi connectivity index (χ3n) is 5.00. The summed E-state index contributed by atoms with van der Waals surface area (Å²) in [5, 5.41) is 10.9. The smallest absolute Gasteiger partial charge is 0.251 e. The van der Waals surface area contributed by atoms with Gasteiger partial charge in [-0.05, 0) is 48.5 Å². The average Bonchev–Trinajstić information content (AvgIpc) is 3.49. The number of carbonyl (C=O) groups excluding carboxylic acids is 2. The van der Waals surface area contributed by atoms with Gasteiger partial charge in [0.25, 0.3) is 5.91 Å². The molecule has 0 aliphatic heterocycles. The number of halogens is 1. The lowest BCUT2D eigenvalue weighted by Gasteiger charge is -2.30. The van der Waals surface area contributed by atoms with Gasteiger partial charge < -0.3 is 14.5 Å². The molecule has 2 aromatic carbocycles. The van der Waals surface area contributed by atoms with Crippen molar-refractivity contribution in [1.29, 1.82) is 0 Å². The molecule has 4 aromatic rings. The molecule has 4 rings (SSSR count). The van der Waals surface area contributed by atoms with E-state index in [1.54, 1.807) is 24.3 Å². The normalized spacial score (nSPS) is 11.9. The number of para-hydroxylation sites is 1. The number of nitrogens with zero attached hydrogens (tertiary/aromatic N) is 4. The zero-order valence-electron chi connectivity index (χ0n) is 17.8. The first-order valence-electron chi connectivity index (χ1n) is 10.2. The first-order valence-corrected chi connectivity index (χ1v) is 10.2. The largest absolute Gasteiger partial charge is 0.467 e. The van der Waals surface area contributed by atoms with Gasteiger partial charge in [-0.1, -0.05) is 17.3 Å². The van der Waals surface area contributed by atoms with Crippen molar-refractivity contribution in [2.75, 3.05) is 25.2 Å². The van der Waals surface area contributed by atoms with E-state index < -0.39 is 23.7 Å². The van der Waals surface area contributed by atoms with Crippen molar-refractivity contribution in [3.63, 3.8) is 0 Å². The van der Waals surface area contributed by atoms with Crippen LogP contribution in [0.2, 0.25) is 0 Å². The number of hydrogen-bond acceptors (Lipinski definition) is 6. The maximum Gasteiger partial charge on any atom is 0.251 e. The third kappa shape index (κ3) is 4.90. The molecule has 1 atom stereocenters. The Hall–Kier alpha value is -4.05. The van der Waals surface area contributed by atoms with Crippen LogP contribution in [0.15, 0.2) is 71.3 Å². The summed E-state index contributed by atoms with van der Waals surface area (Å²) in [4.78, 5) is 28.1. The summed E-state index contributed by atoms with van der Waals surface area (Å²) in [6, 6.07) is 14.6. The SMILES string of the molecule is COCCNC(=O)[C@H](c1ccco1)N(C(=O)Cn1nnc2ccccc21)c1ccc(F)cc1. The highest BCUT2D eigenvalue weighted by Gasteiger charge is 2.35. The van der Waals surface area contributed by atoms with Crippen molar-refractivity contribution in [2.45, 2.75) is 12.6 Å². The van der Waals surface area contributed by atoms with Gasteiger partial charge in [-0.3, -0.25) is 14.5 Å². The number of aromatic nitrogens is 3. The predicted octanol–water partition coefficient (Wildman–Crippen LogP) is 2.70. The summed E-state index contributed by atoms with van der Waals surface area (Å²) in [6.45, 7) is 0.345. The molecule has 0 saturated carbocycles. The number of benzene rings is 2. The fraction of sp³-hybridized carbons (Fsp3) is 0.217. The number of methoxy groups -OCH3 is 1. The van der Waals surface area contributed by atoms with Gasteiger partial charge in [0.15, 0.2) is 6.04 Å². The molecular formula is C23H22FN5O4. The molecule has 0 saturated heterocycles. The highest BCUT2D eigenvalue weighted by molar-refractivity contribution is 6.01. The van der Waals surface area contributed by atoms with Gasteiger partial charge in [0, 0.05) is 19.3 Å². The van der Waals surface area contributed by atoms with E-state index in [0.29, 0.717) is 23.3 Å². The lowest BCUT2D eigenvalue weighted by Crippen LogP contribution is -2.45. The number of hydrogen-bond donors (Lipinski definition) is 1. The summed E-state index contributed by atoms with van der Waals surface area (Å²) in [5.41, 5.74) is 1.64. The first-order chi connectivity index (χ1) is 16.1. The molecule has 2 aromatic heterocycles. The van der Waals surface area contributed by atoms with E-state index in [1.807, 2.05) is 12.1 Å². The number of amides is 2. The van der Waals surface area contributed by atoms with Crippen LogP contribution >= 0.6 is 0 Å². The lowest BCUT2D eigenvalue weighted by molar-refractivity contribution is -0.127. The second kappa shape index (κ2) is 10.0. The van der Waals surface area contributed by atoms with Gasteiger partial charge >= 0.3 is 0 Å². The molecule has 0 unspecified atom stereocenters. The second-order valence-corrected chi connectivity index (χ2v) is 7.18. The fourth-order valence-corrected chi connectivity index (χ4v) is 3.47. The van der Waals surface area contributed by atoms with Gasteiger partial charge in [-0.15, -0.1) is 5.10 Å². The summed E-state index contributed by atoms with van der Waals surface area (Å²) in [7, 11) is 1.52. The van der Waals surface area contributed by atoms with Crippen LogP contribution in [0, 0.1) is 5.82 Å². The van der Waals surface area contributed by atoms with E-state index in [-0.39, 0.29) is 18.8 Å². The second-order valence-electron chi connectivity index (χ2n) is 7.18. The van der Waals surface area contributed by atoms with E-state index in [2.05, 4.69) is 15.6 Å². The quantitative estimate of drug-likeness (QED) is 0.393. The third-order valence-corrected chi connectivity index (χ3v) is 5.00. The zero-order valence-corrected chi connectivity index (χ0v) is 17.8. The number of ether oxygens (including phenoxy) is 1. The van der Waals surface area contributed by atoms with Crippen LogP contribution in [0.5, 0.6) is 0 Å². The average molecular weight is 451 g/mol. The zero-order chi connectivity index (χ0) is 23.2. The fourth-order valence-electron chi connectivity index (χ4n) is 3.47. The predicted molar refractivity (Wildman–Crippen MR) is 118 cm³/mol. The topological polar surface area (TPSA) is 102 Å². The molecule has 0 radical (unpaired) electrons. The Morgan fingerprint density at radius 3 is 2.67 bits per heavy atom. The van der Waals surface area contributed by atoms with E-state index in [0.717, 1.165) is 0 Å². The molecule has 1 N–H and O–H groups in total. The van der Waals surface area contributed by atoms with Crippen LogP contribution < -0.4 is 10.2 Å². The highest BCUT2D eigenvalue weighted by atomic mass is 19.1. The summed E-state index contributed by atoms with van der Waals surface area (Å²) < 4.78 is 25.6. The van der Waals surface area contributed by atoms with Crippen LogP contribution in [-0.4, -0.2) is 47.1 Å². The van der Waals surface area contributed by atoms with Crippen LogP contribution in [0.1, 0.15) is 11.8 Å².